The van der Waals surface area contributed by atoms with Gasteiger partial charge in [-0.3, -0.25) is 4.79 Å². The summed E-state index contributed by atoms with van der Waals surface area (Å²) in [7, 11) is 1.50. The van der Waals surface area contributed by atoms with E-state index in [1.165, 1.54) is 45.6 Å². The molecule has 0 heterocycles. The molecule has 25 heavy (non-hydrogen) atoms. The van der Waals surface area contributed by atoms with Gasteiger partial charge in [-0.05, 0) is 31.5 Å². The number of hydrogen-bond acceptors (Lipinski definition) is 4. The number of methoxy groups -OCH3 is 1. The van der Waals surface area contributed by atoms with Gasteiger partial charge in [-0.25, -0.2) is 5.43 Å². The molecule has 1 amide bonds. The van der Waals surface area contributed by atoms with E-state index in [1.807, 2.05) is 6.92 Å². The minimum absolute atomic E-state index is 0.0592. The minimum atomic E-state index is -0.0592. The Bertz CT molecular complexity index is 556. The van der Waals surface area contributed by atoms with Crippen molar-refractivity contribution < 1.29 is 14.6 Å². The number of hydrazone groups is 1. The average Bonchev–Trinajstić information content (AvgIpc) is 2.62. The number of nitrogens with one attached hydrogen (secondary N) is 1. The van der Waals surface area contributed by atoms with E-state index in [-0.39, 0.29) is 11.7 Å². The number of carbonyl (C=O) groups is 1. The fourth-order valence-corrected chi connectivity index (χ4v) is 2.59. The number of benzene rings is 1. The molecule has 5 heteroatoms. The van der Waals surface area contributed by atoms with Gasteiger partial charge in [-0.1, -0.05) is 51.9 Å². The minimum Gasteiger partial charge on any atom is -0.504 e. The summed E-state index contributed by atoms with van der Waals surface area (Å²) < 4.78 is 5.08. The molecule has 5 nitrogen and oxygen atoms in total. The summed E-state index contributed by atoms with van der Waals surface area (Å²) in [6.07, 6.45) is 10.2. The maximum absolute atomic E-state index is 11.8. The molecule has 0 aliphatic carbocycles. The van der Waals surface area contributed by atoms with Crippen molar-refractivity contribution in [2.75, 3.05) is 7.11 Å². The largest absolute Gasteiger partial charge is 0.504 e. The van der Waals surface area contributed by atoms with Crippen LogP contribution in [0.3, 0.4) is 0 Å². The quantitative estimate of drug-likeness (QED) is 0.325. The summed E-state index contributed by atoms with van der Waals surface area (Å²) in [6, 6.07) is 4.98. The van der Waals surface area contributed by atoms with E-state index in [0.717, 1.165) is 18.4 Å². The lowest BCUT2D eigenvalue weighted by atomic mass is 10.1. The molecule has 1 aromatic carbocycles. The van der Waals surface area contributed by atoms with Gasteiger partial charge in [0.2, 0.25) is 5.91 Å². The molecule has 0 unspecified atom stereocenters. The van der Waals surface area contributed by atoms with Crippen molar-refractivity contribution >= 4 is 11.6 Å². The van der Waals surface area contributed by atoms with Gasteiger partial charge in [0.25, 0.3) is 0 Å². The second-order valence-corrected chi connectivity index (χ2v) is 6.34. The van der Waals surface area contributed by atoms with E-state index in [1.54, 1.807) is 18.2 Å². The monoisotopic (exact) mass is 348 g/mol. The zero-order valence-corrected chi connectivity index (χ0v) is 15.8. The molecule has 0 atom stereocenters. The third kappa shape index (κ3) is 8.57. The molecule has 0 saturated carbocycles. The molecule has 140 valence electrons. The van der Waals surface area contributed by atoms with Crippen LogP contribution in [-0.4, -0.2) is 23.8 Å². The van der Waals surface area contributed by atoms with Crippen molar-refractivity contribution in [3.63, 3.8) is 0 Å². The first-order chi connectivity index (χ1) is 12.1. The first-order valence-corrected chi connectivity index (χ1v) is 9.29. The maximum atomic E-state index is 11.8. The zero-order chi connectivity index (χ0) is 18.5. The summed E-state index contributed by atoms with van der Waals surface area (Å²) in [5.74, 6) is 0.408. The molecule has 0 spiro atoms. The van der Waals surface area contributed by atoms with Crippen LogP contribution in [0.25, 0.3) is 0 Å². The van der Waals surface area contributed by atoms with Crippen molar-refractivity contribution in [1.82, 2.24) is 5.43 Å². The Kier molecular flexibility index (Phi) is 10.4. The van der Waals surface area contributed by atoms with Crippen molar-refractivity contribution in [2.24, 2.45) is 5.10 Å². The molecule has 0 aliphatic rings. The molecular weight excluding hydrogens is 316 g/mol. The summed E-state index contributed by atoms with van der Waals surface area (Å²) in [5.41, 5.74) is 4.06. The molecule has 0 saturated heterocycles. The van der Waals surface area contributed by atoms with Crippen LogP contribution in [0, 0.1) is 0 Å². The number of hydrogen-bond donors (Lipinski definition) is 2. The maximum Gasteiger partial charge on any atom is 0.240 e. The molecule has 1 rings (SSSR count). The van der Waals surface area contributed by atoms with Gasteiger partial charge in [0.15, 0.2) is 11.5 Å². The van der Waals surface area contributed by atoms with Crippen LogP contribution in [0.2, 0.25) is 0 Å². The van der Waals surface area contributed by atoms with Crippen molar-refractivity contribution in [3.8, 4) is 11.5 Å². The fraction of sp³-hybridized carbons (Fsp3) is 0.600. The Hall–Kier alpha value is -2.04. The predicted molar refractivity (Wildman–Crippen MR) is 102 cm³/mol. The van der Waals surface area contributed by atoms with Crippen LogP contribution in [0.5, 0.6) is 11.5 Å². The third-order valence-electron chi connectivity index (χ3n) is 4.20. The fourth-order valence-electron chi connectivity index (χ4n) is 2.59. The number of rotatable bonds is 12. The Labute approximate surface area is 151 Å². The van der Waals surface area contributed by atoms with Crippen LogP contribution in [-0.2, 0) is 4.79 Å². The molecular formula is C20H32N2O3. The smallest absolute Gasteiger partial charge is 0.240 e. The molecule has 1 aromatic rings. The number of amides is 1. The SMILES string of the molecule is CCCCCCCCCCC(=O)N/N=C(\C)c1ccc(O)c(OC)c1. The van der Waals surface area contributed by atoms with E-state index in [2.05, 4.69) is 17.5 Å². The van der Waals surface area contributed by atoms with Crippen LogP contribution in [0.15, 0.2) is 23.3 Å². The number of nitrogens with zero attached hydrogens (tertiary/aromatic N) is 1. The highest BCUT2D eigenvalue weighted by Gasteiger charge is 2.06. The van der Waals surface area contributed by atoms with Gasteiger partial charge in [-0.2, -0.15) is 5.10 Å². The van der Waals surface area contributed by atoms with E-state index < -0.39 is 0 Å². The Morgan fingerprint density at radius 2 is 1.76 bits per heavy atom. The van der Waals surface area contributed by atoms with Crippen LogP contribution >= 0.6 is 0 Å². The molecule has 0 fully saturated rings. The number of carbonyl (C=O) groups excluding carboxylic acids is 1. The van der Waals surface area contributed by atoms with Gasteiger partial charge >= 0.3 is 0 Å². The second kappa shape index (κ2) is 12.3. The standard InChI is InChI=1S/C20H32N2O3/c1-4-5-6-7-8-9-10-11-12-20(24)22-21-16(2)17-13-14-18(23)19(15-17)25-3/h13-15,23H,4-12H2,1-3H3,(H,22,24)/b21-16+. The second-order valence-electron chi connectivity index (χ2n) is 6.34. The summed E-state index contributed by atoms with van der Waals surface area (Å²) in [4.78, 5) is 11.8. The number of ether oxygens (including phenoxy) is 1. The number of aromatic hydroxyl groups is 1. The summed E-state index contributed by atoms with van der Waals surface area (Å²) >= 11 is 0. The van der Waals surface area contributed by atoms with Crippen LogP contribution in [0.4, 0.5) is 0 Å². The molecule has 2 N–H and O–H groups in total. The van der Waals surface area contributed by atoms with E-state index >= 15 is 0 Å². The van der Waals surface area contributed by atoms with Gasteiger partial charge in [0, 0.05) is 12.0 Å². The van der Waals surface area contributed by atoms with Crippen molar-refractivity contribution in [1.29, 1.82) is 0 Å². The molecule has 0 radical (unpaired) electrons. The molecule has 0 aliphatic heterocycles. The van der Waals surface area contributed by atoms with Gasteiger partial charge < -0.3 is 9.84 Å². The lowest BCUT2D eigenvalue weighted by Crippen LogP contribution is -2.18. The third-order valence-corrected chi connectivity index (χ3v) is 4.20. The Morgan fingerprint density at radius 1 is 1.12 bits per heavy atom. The number of unbranched alkanes of at least 4 members (excludes halogenated alkanes) is 7. The lowest BCUT2D eigenvalue weighted by Gasteiger charge is -2.07. The van der Waals surface area contributed by atoms with E-state index in [4.69, 9.17) is 4.74 Å². The van der Waals surface area contributed by atoms with Crippen LogP contribution in [0.1, 0.15) is 77.2 Å². The van der Waals surface area contributed by atoms with Gasteiger partial charge in [0.1, 0.15) is 0 Å². The average molecular weight is 348 g/mol. The van der Waals surface area contributed by atoms with E-state index in [9.17, 15) is 9.90 Å². The molecule has 0 bridgehead atoms. The highest BCUT2D eigenvalue weighted by atomic mass is 16.5. The highest BCUT2D eigenvalue weighted by molar-refractivity contribution is 5.99. The Morgan fingerprint density at radius 3 is 2.40 bits per heavy atom. The van der Waals surface area contributed by atoms with Gasteiger partial charge in [0.05, 0.1) is 12.8 Å². The van der Waals surface area contributed by atoms with E-state index in [0.29, 0.717) is 17.9 Å². The first-order valence-electron chi connectivity index (χ1n) is 9.29. The first kappa shape index (κ1) is 21.0. The van der Waals surface area contributed by atoms with Crippen molar-refractivity contribution in [2.45, 2.75) is 71.6 Å². The number of phenols is 1. The van der Waals surface area contributed by atoms with Crippen LogP contribution < -0.4 is 10.2 Å². The van der Waals surface area contributed by atoms with Crippen molar-refractivity contribution in [3.05, 3.63) is 23.8 Å². The zero-order valence-electron chi connectivity index (χ0n) is 15.8. The summed E-state index contributed by atoms with van der Waals surface area (Å²) in [5, 5.41) is 13.7. The normalized spacial score (nSPS) is 11.4. The van der Waals surface area contributed by atoms with Gasteiger partial charge in [-0.15, -0.1) is 0 Å². The molecule has 0 aromatic heterocycles. The Balaban J connectivity index is 2.27. The predicted octanol–water partition coefficient (Wildman–Crippen LogP) is 4.77. The highest BCUT2D eigenvalue weighted by Crippen LogP contribution is 2.26. The lowest BCUT2D eigenvalue weighted by molar-refractivity contribution is -0.121. The number of phenolic OH excluding ortho intramolecular Hbond substituents is 1. The topological polar surface area (TPSA) is 70.9 Å². The summed E-state index contributed by atoms with van der Waals surface area (Å²) in [6.45, 7) is 4.03.